The fourth-order valence-electron chi connectivity index (χ4n) is 2.25. The van der Waals surface area contributed by atoms with Crippen LogP contribution in [0.25, 0.3) is 0 Å². The van der Waals surface area contributed by atoms with Crippen molar-refractivity contribution >= 4 is 22.2 Å². The molecule has 1 amide bonds. The van der Waals surface area contributed by atoms with Crippen LogP contribution in [0.5, 0.6) is 0 Å². The van der Waals surface area contributed by atoms with Crippen LogP contribution in [-0.2, 0) is 22.4 Å². The van der Waals surface area contributed by atoms with Gasteiger partial charge in [-0.25, -0.2) is 0 Å². The van der Waals surface area contributed by atoms with E-state index >= 15 is 0 Å². The Kier molecular flexibility index (Phi) is 4.00. The maximum Gasteiger partial charge on any atom is 0.250 e. The average Bonchev–Trinajstić information content (AvgIpc) is 2.65. The highest BCUT2D eigenvalue weighted by atomic mass is 32.1. The average molecular weight is 264 g/mol. The Hall–Kier alpha value is -1.38. The third kappa shape index (κ3) is 2.55. The van der Waals surface area contributed by atoms with Gasteiger partial charge < -0.3 is 10.1 Å². The van der Waals surface area contributed by atoms with E-state index in [9.17, 15) is 10.1 Å². The molecule has 5 heteroatoms. The lowest BCUT2D eigenvalue weighted by Gasteiger charge is -2.17. The van der Waals surface area contributed by atoms with E-state index in [1.165, 1.54) is 23.3 Å². The predicted octanol–water partition coefficient (Wildman–Crippen LogP) is 2.33. The van der Waals surface area contributed by atoms with E-state index < -0.39 is 0 Å². The maximum absolute atomic E-state index is 11.5. The molecule has 1 aromatic rings. The number of ether oxygens (including phenoxy) is 1. The summed E-state index contributed by atoms with van der Waals surface area (Å²) in [5.74, 6) is 0.450. The van der Waals surface area contributed by atoms with Crippen LogP contribution in [0.3, 0.4) is 0 Å². The number of nitriles is 1. The number of methoxy groups -OCH3 is 1. The molecule has 4 nitrogen and oxygen atoms in total. The number of hydrogen-bond donors (Lipinski definition) is 1. The van der Waals surface area contributed by atoms with Crippen molar-refractivity contribution in [2.45, 2.75) is 26.2 Å². The first-order chi connectivity index (χ1) is 8.65. The van der Waals surface area contributed by atoms with Gasteiger partial charge in [0.05, 0.1) is 5.56 Å². The second-order valence-corrected chi connectivity index (χ2v) is 5.75. The lowest BCUT2D eigenvalue weighted by Crippen LogP contribution is -2.17. The number of thiophene rings is 1. The number of rotatable bonds is 3. The Bertz CT molecular complexity index is 502. The zero-order valence-corrected chi connectivity index (χ0v) is 11.4. The lowest BCUT2D eigenvalue weighted by atomic mass is 9.89. The van der Waals surface area contributed by atoms with Crippen LogP contribution in [0.2, 0.25) is 0 Å². The fourth-order valence-corrected chi connectivity index (χ4v) is 3.63. The number of anilines is 1. The normalized spacial score (nSPS) is 17.9. The molecule has 2 rings (SSSR count). The first-order valence-corrected chi connectivity index (χ1v) is 6.80. The van der Waals surface area contributed by atoms with E-state index in [1.807, 2.05) is 0 Å². The molecule has 1 unspecified atom stereocenters. The van der Waals surface area contributed by atoms with Gasteiger partial charge in [0, 0.05) is 12.0 Å². The molecule has 1 aliphatic carbocycles. The first-order valence-electron chi connectivity index (χ1n) is 5.99. The van der Waals surface area contributed by atoms with Crippen LogP contribution in [-0.4, -0.2) is 19.6 Å². The van der Waals surface area contributed by atoms with Crippen molar-refractivity contribution in [2.24, 2.45) is 5.92 Å². The molecule has 0 aromatic carbocycles. The summed E-state index contributed by atoms with van der Waals surface area (Å²) in [5, 5.41) is 12.7. The molecule has 1 aliphatic rings. The summed E-state index contributed by atoms with van der Waals surface area (Å²) in [6.07, 6.45) is 3.06. The van der Waals surface area contributed by atoms with Gasteiger partial charge >= 0.3 is 0 Å². The molecule has 1 aromatic heterocycles. The Morgan fingerprint density at radius 3 is 3.11 bits per heavy atom. The van der Waals surface area contributed by atoms with E-state index in [2.05, 4.69) is 18.3 Å². The number of amides is 1. The summed E-state index contributed by atoms with van der Waals surface area (Å²) < 4.78 is 4.78. The smallest absolute Gasteiger partial charge is 0.250 e. The molecule has 0 fully saturated rings. The van der Waals surface area contributed by atoms with E-state index in [0.717, 1.165) is 24.8 Å². The van der Waals surface area contributed by atoms with Crippen molar-refractivity contribution in [2.75, 3.05) is 19.0 Å². The number of carbonyl (C=O) groups is 1. The molecule has 1 atom stereocenters. The van der Waals surface area contributed by atoms with Crippen LogP contribution in [0.1, 0.15) is 29.3 Å². The number of nitrogens with zero attached hydrogens (tertiary/aromatic N) is 1. The Labute approximate surface area is 111 Å². The molecule has 18 heavy (non-hydrogen) atoms. The largest absolute Gasteiger partial charge is 0.375 e. The molecule has 96 valence electrons. The number of nitrogens with one attached hydrogen (secondary N) is 1. The zero-order valence-electron chi connectivity index (χ0n) is 10.6. The molecule has 0 aliphatic heterocycles. The van der Waals surface area contributed by atoms with E-state index in [0.29, 0.717) is 16.5 Å². The quantitative estimate of drug-likeness (QED) is 0.911. The third-order valence-electron chi connectivity index (χ3n) is 3.15. The van der Waals surface area contributed by atoms with Crippen LogP contribution >= 0.6 is 11.3 Å². The van der Waals surface area contributed by atoms with Crippen LogP contribution in [0, 0.1) is 17.2 Å². The SMILES string of the molecule is COCC(=O)Nc1sc2c(c1C#N)CCC(C)C2. The van der Waals surface area contributed by atoms with Crippen molar-refractivity contribution in [1.29, 1.82) is 5.26 Å². The minimum atomic E-state index is -0.208. The fraction of sp³-hybridized carbons (Fsp3) is 0.538. The van der Waals surface area contributed by atoms with Crippen molar-refractivity contribution < 1.29 is 9.53 Å². The van der Waals surface area contributed by atoms with Crippen molar-refractivity contribution in [3.8, 4) is 6.07 Å². The van der Waals surface area contributed by atoms with E-state index in [4.69, 9.17) is 4.74 Å². The molecule has 0 bridgehead atoms. The summed E-state index contributed by atoms with van der Waals surface area (Å²) in [6, 6.07) is 2.22. The highest BCUT2D eigenvalue weighted by molar-refractivity contribution is 7.16. The summed E-state index contributed by atoms with van der Waals surface area (Å²) in [5.41, 5.74) is 1.78. The Morgan fingerprint density at radius 1 is 1.67 bits per heavy atom. The van der Waals surface area contributed by atoms with Gasteiger partial charge in [0.1, 0.15) is 17.7 Å². The molecular weight excluding hydrogens is 248 g/mol. The Morgan fingerprint density at radius 2 is 2.44 bits per heavy atom. The maximum atomic E-state index is 11.5. The molecule has 0 saturated heterocycles. The molecule has 0 spiro atoms. The second-order valence-electron chi connectivity index (χ2n) is 4.65. The van der Waals surface area contributed by atoms with Crippen LogP contribution < -0.4 is 5.32 Å². The summed E-state index contributed by atoms with van der Waals surface area (Å²) in [4.78, 5) is 12.8. The van der Waals surface area contributed by atoms with Gasteiger partial charge in [-0.1, -0.05) is 6.92 Å². The number of carbonyl (C=O) groups excluding carboxylic acids is 1. The molecule has 0 saturated carbocycles. The summed E-state index contributed by atoms with van der Waals surface area (Å²) in [6.45, 7) is 2.24. The van der Waals surface area contributed by atoms with Gasteiger partial charge in [-0.05, 0) is 30.7 Å². The van der Waals surface area contributed by atoms with Gasteiger partial charge in [-0.3, -0.25) is 4.79 Å². The standard InChI is InChI=1S/C13H16N2O2S/c1-8-3-4-9-10(6-14)13(18-11(9)5-8)15-12(16)7-17-2/h8H,3-5,7H2,1-2H3,(H,15,16). The van der Waals surface area contributed by atoms with Gasteiger partial charge in [0.15, 0.2) is 0 Å². The third-order valence-corrected chi connectivity index (χ3v) is 4.32. The number of fused-ring (bicyclic) bond motifs is 1. The molecule has 1 N–H and O–H groups in total. The Balaban J connectivity index is 2.26. The van der Waals surface area contributed by atoms with Crippen LogP contribution in [0.4, 0.5) is 5.00 Å². The zero-order chi connectivity index (χ0) is 13.1. The van der Waals surface area contributed by atoms with Crippen LogP contribution in [0.15, 0.2) is 0 Å². The minimum absolute atomic E-state index is 0.0177. The van der Waals surface area contributed by atoms with Gasteiger partial charge in [-0.2, -0.15) is 5.26 Å². The van der Waals surface area contributed by atoms with Gasteiger partial charge in [0.2, 0.25) is 0 Å². The summed E-state index contributed by atoms with van der Waals surface area (Å²) >= 11 is 1.53. The van der Waals surface area contributed by atoms with Crippen molar-refractivity contribution in [1.82, 2.24) is 0 Å². The van der Waals surface area contributed by atoms with Crippen molar-refractivity contribution in [3.05, 3.63) is 16.0 Å². The second kappa shape index (κ2) is 5.51. The molecular formula is C13H16N2O2S. The molecule has 0 radical (unpaired) electrons. The van der Waals surface area contributed by atoms with Gasteiger partial charge in [0.25, 0.3) is 5.91 Å². The predicted molar refractivity (Wildman–Crippen MR) is 70.7 cm³/mol. The number of hydrogen-bond acceptors (Lipinski definition) is 4. The lowest BCUT2D eigenvalue weighted by molar-refractivity contribution is -0.119. The highest BCUT2D eigenvalue weighted by Gasteiger charge is 2.24. The van der Waals surface area contributed by atoms with E-state index in [1.54, 1.807) is 0 Å². The van der Waals surface area contributed by atoms with E-state index in [-0.39, 0.29) is 12.5 Å². The van der Waals surface area contributed by atoms with Crippen molar-refractivity contribution in [3.63, 3.8) is 0 Å². The highest BCUT2D eigenvalue weighted by Crippen LogP contribution is 2.39. The van der Waals surface area contributed by atoms with Gasteiger partial charge in [-0.15, -0.1) is 11.3 Å². The molecule has 1 heterocycles. The first kappa shape index (κ1) is 13.1. The minimum Gasteiger partial charge on any atom is -0.375 e. The summed E-state index contributed by atoms with van der Waals surface area (Å²) in [7, 11) is 1.48. The topological polar surface area (TPSA) is 62.1 Å². The monoisotopic (exact) mass is 264 g/mol.